The largest absolute Gasteiger partial charge is 0.368 e. The zero-order valence-electron chi connectivity index (χ0n) is 22.3. The molecule has 1 unspecified atom stereocenters. The van der Waals surface area contributed by atoms with Crippen LogP contribution < -0.4 is 16.0 Å². The summed E-state index contributed by atoms with van der Waals surface area (Å²) >= 11 is 0. The quantitative estimate of drug-likeness (QED) is 0.581. The first-order valence-electron chi connectivity index (χ1n) is 14.0. The number of aryl methyl sites for hydroxylation is 1. The Balaban J connectivity index is 1.45. The van der Waals surface area contributed by atoms with E-state index in [1.165, 1.54) is 17.7 Å². The van der Waals surface area contributed by atoms with Crippen molar-refractivity contribution in [3.8, 4) is 0 Å². The maximum Gasteiger partial charge on any atom is 0.238 e. The van der Waals surface area contributed by atoms with Gasteiger partial charge in [0.15, 0.2) is 0 Å². The molecule has 7 heteroatoms. The van der Waals surface area contributed by atoms with Gasteiger partial charge in [0.2, 0.25) is 11.8 Å². The molecule has 7 nitrogen and oxygen atoms in total. The number of pyridine rings is 1. The molecule has 198 valence electrons. The summed E-state index contributed by atoms with van der Waals surface area (Å²) in [5, 5.41) is 3.16. The fraction of sp³-hybridized carbons (Fsp3) is 0.567. The number of anilines is 2. The molecule has 0 spiro atoms. The third-order valence-electron chi connectivity index (χ3n) is 9.12. The zero-order valence-corrected chi connectivity index (χ0v) is 22.3. The minimum absolute atomic E-state index is 0.0191. The summed E-state index contributed by atoms with van der Waals surface area (Å²) in [4.78, 5) is 36.1. The number of para-hydroxylation sites is 1. The SMILES string of the molecule is CNC(C)(C(N)=O)[C@@H](C(=O)N1CCC[C@H]1c1ccnc(N2CCCc3ccccc32)c1)C1CCCCC1. The first kappa shape index (κ1) is 25.7. The van der Waals surface area contributed by atoms with Crippen molar-refractivity contribution in [2.75, 3.05) is 25.0 Å². The van der Waals surface area contributed by atoms with Crippen LogP contribution in [0.5, 0.6) is 0 Å². The van der Waals surface area contributed by atoms with Gasteiger partial charge in [-0.2, -0.15) is 0 Å². The van der Waals surface area contributed by atoms with E-state index in [2.05, 4.69) is 46.6 Å². The maximum absolute atomic E-state index is 14.3. The van der Waals surface area contributed by atoms with Gasteiger partial charge in [-0.1, -0.05) is 37.5 Å². The lowest BCUT2D eigenvalue weighted by Gasteiger charge is -2.43. The summed E-state index contributed by atoms with van der Waals surface area (Å²) in [6.07, 6.45) is 11.2. The number of likely N-dealkylation sites (N-methyl/N-ethyl adjacent to an activating group) is 1. The Morgan fingerprint density at radius 1 is 1.05 bits per heavy atom. The highest BCUT2D eigenvalue weighted by Crippen LogP contribution is 2.42. The van der Waals surface area contributed by atoms with Crippen molar-refractivity contribution >= 4 is 23.3 Å². The number of carbonyl (C=O) groups excluding carboxylic acids is 2. The molecule has 1 saturated carbocycles. The van der Waals surface area contributed by atoms with Crippen molar-refractivity contribution in [1.29, 1.82) is 0 Å². The summed E-state index contributed by atoms with van der Waals surface area (Å²) in [6.45, 7) is 3.45. The van der Waals surface area contributed by atoms with E-state index < -0.39 is 17.4 Å². The number of nitrogens with zero attached hydrogens (tertiary/aromatic N) is 3. The maximum atomic E-state index is 14.3. The lowest BCUT2D eigenvalue weighted by molar-refractivity contribution is -0.147. The molecular formula is C30H41N5O2. The summed E-state index contributed by atoms with van der Waals surface area (Å²) in [6, 6.07) is 12.8. The van der Waals surface area contributed by atoms with E-state index in [1.807, 2.05) is 18.0 Å². The van der Waals surface area contributed by atoms with Gasteiger partial charge in [-0.3, -0.25) is 9.59 Å². The number of aromatic nitrogens is 1. The summed E-state index contributed by atoms with van der Waals surface area (Å²) in [5.74, 6) is 0.234. The number of nitrogens with two attached hydrogens (primary N) is 1. The number of fused-ring (bicyclic) bond motifs is 1. The van der Waals surface area contributed by atoms with E-state index in [0.29, 0.717) is 6.54 Å². The number of nitrogens with one attached hydrogen (secondary N) is 1. The minimum Gasteiger partial charge on any atom is -0.368 e. The van der Waals surface area contributed by atoms with Gasteiger partial charge in [-0.25, -0.2) is 4.98 Å². The molecule has 3 heterocycles. The van der Waals surface area contributed by atoms with Crippen LogP contribution in [0.4, 0.5) is 11.5 Å². The molecule has 2 fully saturated rings. The first-order chi connectivity index (χ1) is 17.9. The van der Waals surface area contributed by atoms with Crippen molar-refractivity contribution in [3.63, 3.8) is 0 Å². The van der Waals surface area contributed by atoms with E-state index in [9.17, 15) is 9.59 Å². The fourth-order valence-corrected chi connectivity index (χ4v) is 6.94. The second-order valence-corrected chi connectivity index (χ2v) is 11.2. The zero-order chi connectivity index (χ0) is 26.0. The summed E-state index contributed by atoms with van der Waals surface area (Å²) in [5.41, 5.74) is 8.54. The molecule has 5 rings (SSSR count). The predicted octanol–water partition coefficient (Wildman–Crippen LogP) is 4.49. The first-order valence-corrected chi connectivity index (χ1v) is 14.0. The normalized spacial score (nSPS) is 22.8. The van der Waals surface area contributed by atoms with E-state index in [4.69, 9.17) is 10.7 Å². The van der Waals surface area contributed by atoms with Crippen LogP contribution in [-0.2, 0) is 16.0 Å². The third-order valence-corrected chi connectivity index (χ3v) is 9.12. The van der Waals surface area contributed by atoms with Crippen LogP contribution in [0.25, 0.3) is 0 Å². The number of rotatable bonds is 7. The molecule has 3 aliphatic rings. The van der Waals surface area contributed by atoms with Crippen LogP contribution in [0.3, 0.4) is 0 Å². The Morgan fingerprint density at radius 2 is 1.84 bits per heavy atom. The predicted molar refractivity (Wildman–Crippen MR) is 146 cm³/mol. The lowest BCUT2D eigenvalue weighted by atomic mass is 9.69. The monoisotopic (exact) mass is 503 g/mol. The number of likely N-dealkylation sites (tertiary alicyclic amines) is 1. The molecule has 2 aromatic rings. The van der Waals surface area contributed by atoms with E-state index in [-0.39, 0.29) is 17.9 Å². The van der Waals surface area contributed by atoms with Gasteiger partial charge in [0.1, 0.15) is 11.4 Å². The Morgan fingerprint density at radius 3 is 2.59 bits per heavy atom. The number of carbonyl (C=O) groups is 2. The van der Waals surface area contributed by atoms with Crippen LogP contribution >= 0.6 is 0 Å². The van der Waals surface area contributed by atoms with Crippen LogP contribution in [0.2, 0.25) is 0 Å². The molecule has 2 amide bonds. The van der Waals surface area contributed by atoms with Crippen molar-refractivity contribution in [2.45, 2.75) is 76.3 Å². The molecule has 1 aromatic heterocycles. The second-order valence-electron chi connectivity index (χ2n) is 11.2. The van der Waals surface area contributed by atoms with Crippen LogP contribution in [-0.4, -0.2) is 47.4 Å². The molecule has 3 atom stereocenters. The standard InChI is InChI=1S/C30H41N5O2/c1-30(32-2,29(31)37)27(22-11-4-3-5-12-22)28(36)35-19-9-15-25(35)23-16-17-33-26(20-23)34-18-8-13-21-10-6-7-14-24(21)34/h6-7,10,14,16-17,20,22,25,27,32H,3-5,8-9,11-13,15,18-19H2,1-2H3,(H2,31,37)/t25-,27+,30?/m0/s1. The van der Waals surface area contributed by atoms with Gasteiger partial charge >= 0.3 is 0 Å². The van der Waals surface area contributed by atoms with Gasteiger partial charge in [0.25, 0.3) is 0 Å². The molecule has 0 radical (unpaired) electrons. The Hall–Kier alpha value is -2.93. The van der Waals surface area contributed by atoms with Gasteiger partial charge < -0.3 is 20.9 Å². The lowest BCUT2D eigenvalue weighted by Crippen LogP contribution is -2.63. The average molecular weight is 504 g/mol. The smallest absolute Gasteiger partial charge is 0.238 e. The Bertz CT molecular complexity index is 1130. The van der Waals surface area contributed by atoms with E-state index in [0.717, 1.165) is 69.3 Å². The minimum atomic E-state index is -1.08. The van der Waals surface area contributed by atoms with Crippen molar-refractivity contribution in [2.24, 2.45) is 17.6 Å². The highest BCUT2D eigenvalue weighted by atomic mass is 16.2. The van der Waals surface area contributed by atoms with Crippen LogP contribution in [0.1, 0.15) is 75.5 Å². The molecule has 0 bridgehead atoms. The van der Waals surface area contributed by atoms with E-state index in [1.54, 1.807) is 7.05 Å². The molecule has 3 N–H and O–H groups in total. The molecule has 1 aliphatic carbocycles. The van der Waals surface area contributed by atoms with E-state index >= 15 is 0 Å². The molecular weight excluding hydrogens is 462 g/mol. The van der Waals surface area contributed by atoms with Gasteiger partial charge in [0, 0.05) is 25.0 Å². The summed E-state index contributed by atoms with van der Waals surface area (Å²) in [7, 11) is 1.75. The van der Waals surface area contributed by atoms with Crippen molar-refractivity contribution in [3.05, 3.63) is 53.7 Å². The van der Waals surface area contributed by atoms with Gasteiger partial charge in [0.05, 0.1) is 12.0 Å². The number of hydrogen-bond acceptors (Lipinski definition) is 5. The van der Waals surface area contributed by atoms with Crippen LogP contribution in [0.15, 0.2) is 42.6 Å². The topological polar surface area (TPSA) is 91.6 Å². The van der Waals surface area contributed by atoms with Crippen molar-refractivity contribution in [1.82, 2.24) is 15.2 Å². The van der Waals surface area contributed by atoms with Crippen molar-refractivity contribution < 1.29 is 9.59 Å². The Labute approximate surface area is 220 Å². The highest BCUT2D eigenvalue weighted by Gasteiger charge is 2.50. The third kappa shape index (κ3) is 4.86. The number of hydrogen-bond donors (Lipinski definition) is 2. The molecule has 2 aliphatic heterocycles. The molecule has 1 saturated heterocycles. The van der Waals surface area contributed by atoms with Crippen LogP contribution in [0, 0.1) is 11.8 Å². The average Bonchev–Trinajstić information content (AvgIpc) is 3.43. The fourth-order valence-electron chi connectivity index (χ4n) is 6.94. The second kappa shape index (κ2) is 10.8. The molecule has 37 heavy (non-hydrogen) atoms. The molecule has 1 aromatic carbocycles. The van der Waals surface area contributed by atoms with Gasteiger partial charge in [-0.15, -0.1) is 0 Å². The summed E-state index contributed by atoms with van der Waals surface area (Å²) < 4.78 is 0. The number of primary amides is 1. The van der Waals surface area contributed by atoms with Gasteiger partial charge in [-0.05, 0) is 87.7 Å². The Kier molecular flexibility index (Phi) is 7.52. The highest BCUT2D eigenvalue weighted by molar-refractivity contribution is 5.93. The number of amides is 2. The number of benzene rings is 1.